The van der Waals surface area contributed by atoms with Gasteiger partial charge in [0.25, 0.3) is 0 Å². The van der Waals surface area contributed by atoms with E-state index < -0.39 is 5.97 Å². The minimum atomic E-state index is -0.956. The molecule has 22 heavy (non-hydrogen) atoms. The number of aryl methyl sites for hydroxylation is 1. The first-order valence-corrected chi connectivity index (χ1v) is 6.82. The zero-order chi connectivity index (χ0) is 15.7. The zero-order valence-electron chi connectivity index (χ0n) is 12.0. The summed E-state index contributed by atoms with van der Waals surface area (Å²) in [4.78, 5) is 11.0. The van der Waals surface area contributed by atoms with Gasteiger partial charge in [-0.15, -0.1) is 0 Å². The minimum Gasteiger partial charge on any atom is -0.478 e. The van der Waals surface area contributed by atoms with Crippen LogP contribution in [0.15, 0.2) is 60.9 Å². The van der Waals surface area contributed by atoms with Gasteiger partial charge in [-0.1, -0.05) is 12.1 Å². The van der Waals surface area contributed by atoms with Crippen LogP contribution >= 0.6 is 0 Å². The summed E-state index contributed by atoms with van der Waals surface area (Å²) < 4.78 is 15.3. The third-order valence-corrected chi connectivity index (χ3v) is 3.46. The van der Waals surface area contributed by atoms with E-state index in [1.165, 1.54) is 12.1 Å². The van der Waals surface area contributed by atoms with Gasteiger partial charge in [-0.05, 0) is 60.0 Å². The summed E-state index contributed by atoms with van der Waals surface area (Å²) in [6, 6.07) is 13.4. The van der Waals surface area contributed by atoms with Crippen LogP contribution in [-0.2, 0) is 0 Å². The van der Waals surface area contributed by atoms with Crippen molar-refractivity contribution in [2.24, 2.45) is 0 Å². The summed E-state index contributed by atoms with van der Waals surface area (Å²) in [5, 5.41) is 9.05. The molecule has 1 aromatic heterocycles. The maximum atomic E-state index is 13.5. The molecule has 0 fully saturated rings. The van der Waals surface area contributed by atoms with Gasteiger partial charge in [0.05, 0.1) is 5.56 Å². The average molecular weight is 295 g/mol. The van der Waals surface area contributed by atoms with Gasteiger partial charge in [0.15, 0.2) is 0 Å². The molecule has 0 radical (unpaired) electrons. The summed E-state index contributed by atoms with van der Waals surface area (Å²) in [6.07, 6.45) is 3.69. The van der Waals surface area contributed by atoms with Crippen LogP contribution in [0.3, 0.4) is 0 Å². The number of carboxylic acids is 1. The second-order valence-electron chi connectivity index (χ2n) is 5.18. The summed E-state index contributed by atoms with van der Waals surface area (Å²) in [6.45, 7) is 1.84. The van der Waals surface area contributed by atoms with Crippen LogP contribution in [0.1, 0.15) is 15.9 Å². The van der Waals surface area contributed by atoms with Crippen LogP contribution in [0, 0.1) is 12.7 Å². The highest BCUT2D eigenvalue weighted by molar-refractivity contribution is 5.89. The molecule has 0 saturated heterocycles. The molecule has 3 nitrogen and oxygen atoms in total. The van der Waals surface area contributed by atoms with Gasteiger partial charge in [0, 0.05) is 18.1 Å². The van der Waals surface area contributed by atoms with Crippen molar-refractivity contribution in [2.75, 3.05) is 0 Å². The summed E-state index contributed by atoms with van der Waals surface area (Å²) in [7, 11) is 0. The zero-order valence-corrected chi connectivity index (χ0v) is 12.0. The molecule has 0 aliphatic carbocycles. The minimum absolute atomic E-state index is 0.242. The van der Waals surface area contributed by atoms with Crippen LogP contribution in [0.25, 0.3) is 16.8 Å². The normalized spacial score (nSPS) is 10.6. The highest BCUT2D eigenvalue weighted by atomic mass is 19.1. The van der Waals surface area contributed by atoms with E-state index in [0.29, 0.717) is 0 Å². The predicted octanol–water partition coefficient (Wildman–Crippen LogP) is 4.29. The smallest absolute Gasteiger partial charge is 0.335 e. The highest BCUT2D eigenvalue weighted by Crippen LogP contribution is 2.23. The van der Waals surface area contributed by atoms with Crippen LogP contribution in [0.4, 0.5) is 4.39 Å². The van der Waals surface area contributed by atoms with Crippen LogP contribution in [0.2, 0.25) is 0 Å². The van der Waals surface area contributed by atoms with Gasteiger partial charge < -0.3 is 9.67 Å². The predicted molar refractivity (Wildman–Crippen MR) is 82.9 cm³/mol. The van der Waals surface area contributed by atoms with E-state index in [1.54, 1.807) is 18.2 Å². The quantitative estimate of drug-likeness (QED) is 0.783. The lowest BCUT2D eigenvalue weighted by Crippen LogP contribution is -1.95. The maximum absolute atomic E-state index is 13.5. The van der Waals surface area contributed by atoms with Gasteiger partial charge in [0.1, 0.15) is 5.82 Å². The molecule has 0 atom stereocenters. The Morgan fingerprint density at radius 1 is 1.09 bits per heavy atom. The standard InChI is InChI=1S/C18H14FNO2/c1-12-7-16(19)10-17(8-12)20-6-5-15(11-20)13-3-2-4-14(9-13)18(21)22/h2-11H,1H3,(H,21,22). The van der Waals surface area contributed by atoms with Crippen LogP contribution < -0.4 is 0 Å². The second kappa shape index (κ2) is 5.48. The van der Waals surface area contributed by atoms with E-state index in [2.05, 4.69) is 0 Å². The molecular formula is C18H14FNO2. The molecule has 0 saturated carbocycles. The number of hydrogen-bond acceptors (Lipinski definition) is 1. The molecule has 1 heterocycles. The number of nitrogens with zero attached hydrogens (tertiary/aromatic N) is 1. The Bertz CT molecular complexity index is 832. The van der Waals surface area contributed by atoms with Gasteiger partial charge in [-0.2, -0.15) is 0 Å². The Kier molecular flexibility index (Phi) is 3.51. The van der Waals surface area contributed by atoms with Crippen LogP contribution in [-0.4, -0.2) is 15.6 Å². The fourth-order valence-corrected chi connectivity index (χ4v) is 2.43. The van der Waals surface area contributed by atoms with Gasteiger partial charge in [-0.25, -0.2) is 9.18 Å². The molecule has 0 aliphatic heterocycles. The lowest BCUT2D eigenvalue weighted by atomic mass is 10.1. The Hall–Kier alpha value is -2.88. The van der Waals surface area contributed by atoms with Crippen molar-refractivity contribution in [2.45, 2.75) is 6.92 Å². The molecule has 2 aromatic carbocycles. The first-order chi connectivity index (χ1) is 10.5. The molecule has 0 amide bonds. The van der Waals surface area contributed by atoms with E-state index >= 15 is 0 Å². The lowest BCUT2D eigenvalue weighted by Gasteiger charge is -2.05. The van der Waals surface area contributed by atoms with E-state index in [1.807, 2.05) is 42.1 Å². The van der Waals surface area contributed by atoms with Crippen molar-refractivity contribution in [1.82, 2.24) is 4.57 Å². The Balaban J connectivity index is 2.00. The summed E-state index contributed by atoms with van der Waals surface area (Å²) >= 11 is 0. The van der Waals surface area contributed by atoms with Gasteiger partial charge in [0.2, 0.25) is 0 Å². The topological polar surface area (TPSA) is 42.2 Å². The number of hydrogen-bond donors (Lipinski definition) is 1. The lowest BCUT2D eigenvalue weighted by molar-refractivity contribution is 0.0697. The molecule has 4 heteroatoms. The molecule has 0 aliphatic rings. The number of benzene rings is 2. The molecule has 0 bridgehead atoms. The van der Waals surface area contributed by atoms with Crippen molar-refractivity contribution < 1.29 is 14.3 Å². The average Bonchev–Trinajstić information content (AvgIpc) is 2.96. The SMILES string of the molecule is Cc1cc(F)cc(-n2ccc(-c3cccc(C(=O)O)c3)c2)c1. The van der Waals surface area contributed by atoms with E-state index in [-0.39, 0.29) is 11.4 Å². The molecule has 110 valence electrons. The molecule has 3 rings (SSSR count). The number of carbonyl (C=O) groups is 1. The van der Waals surface area contributed by atoms with Crippen molar-refractivity contribution in [3.8, 4) is 16.8 Å². The largest absolute Gasteiger partial charge is 0.478 e. The van der Waals surface area contributed by atoms with Crippen LogP contribution in [0.5, 0.6) is 0 Å². The molecule has 0 unspecified atom stereocenters. The second-order valence-corrected chi connectivity index (χ2v) is 5.18. The third-order valence-electron chi connectivity index (χ3n) is 3.46. The number of aromatic carboxylic acids is 1. The van der Waals surface area contributed by atoms with E-state index in [0.717, 1.165) is 22.4 Å². The number of rotatable bonds is 3. The van der Waals surface area contributed by atoms with Gasteiger partial charge >= 0.3 is 5.97 Å². The maximum Gasteiger partial charge on any atom is 0.335 e. The first kappa shape index (κ1) is 14.1. The number of carboxylic acid groups (broad SMARTS) is 1. The Morgan fingerprint density at radius 2 is 1.91 bits per heavy atom. The highest BCUT2D eigenvalue weighted by Gasteiger charge is 2.07. The first-order valence-electron chi connectivity index (χ1n) is 6.82. The van der Waals surface area contributed by atoms with Crippen molar-refractivity contribution in [1.29, 1.82) is 0 Å². The monoisotopic (exact) mass is 295 g/mol. The Morgan fingerprint density at radius 3 is 2.64 bits per heavy atom. The molecule has 0 spiro atoms. The van der Waals surface area contributed by atoms with E-state index in [9.17, 15) is 9.18 Å². The summed E-state index contributed by atoms with van der Waals surface area (Å²) in [5.74, 6) is -1.24. The summed E-state index contributed by atoms with van der Waals surface area (Å²) in [5.41, 5.74) is 3.51. The molecular weight excluding hydrogens is 281 g/mol. The fourth-order valence-electron chi connectivity index (χ4n) is 2.43. The van der Waals surface area contributed by atoms with Gasteiger partial charge in [-0.3, -0.25) is 0 Å². The number of halogens is 1. The van der Waals surface area contributed by atoms with Crippen molar-refractivity contribution in [3.63, 3.8) is 0 Å². The van der Waals surface area contributed by atoms with E-state index in [4.69, 9.17) is 5.11 Å². The number of aromatic nitrogens is 1. The fraction of sp³-hybridized carbons (Fsp3) is 0.0556. The van der Waals surface area contributed by atoms with Crippen molar-refractivity contribution in [3.05, 3.63) is 77.9 Å². The van der Waals surface area contributed by atoms with Crippen molar-refractivity contribution >= 4 is 5.97 Å². The molecule has 1 N–H and O–H groups in total. The third kappa shape index (κ3) is 2.76. The molecule has 3 aromatic rings. The Labute approximate surface area is 127 Å².